The molecule has 0 fully saturated rings. The molecule has 0 radical (unpaired) electrons. The minimum absolute atomic E-state index is 0.0891. The number of nitrogens with zero attached hydrogens (tertiary/aromatic N) is 1. The van der Waals surface area contributed by atoms with Gasteiger partial charge in [-0.15, -0.1) is 0 Å². The second-order valence-electron chi connectivity index (χ2n) is 7.33. The normalized spacial score (nSPS) is 11.7. The van der Waals surface area contributed by atoms with Crippen LogP contribution in [0.5, 0.6) is 0 Å². The molecule has 2 aromatic carbocycles. The summed E-state index contributed by atoms with van der Waals surface area (Å²) < 4.78 is 0. The van der Waals surface area contributed by atoms with E-state index >= 15 is 0 Å². The number of carbonyl (C=O) groups excluding carboxylic acids is 2. The maximum atomic E-state index is 12.8. The Kier molecular flexibility index (Phi) is 6.75. The first-order valence-electron chi connectivity index (χ1n) is 9.72. The predicted molar refractivity (Wildman–Crippen MR) is 116 cm³/mol. The first-order valence-corrected chi connectivity index (χ1v) is 9.72. The van der Waals surface area contributed by atoms with Crippen molar-refractivity contribution in [1.29, 1.82) is 0 Å². The van der Waals surface area contributed by atoms with Crippen molar-refractivity contribution in [2.45, 2.75) is 26.3 Å². The van der Waals surface area contributed by atoms with Crippen LogP contribution in [0.1, 0.15) is 19.4 Å². The van der Waals surface area contributed by atoms with Crippen LogP contribution in [0.25, 0.3) is 11.3 Å². The van der Waals surface area contributed by atoms with Gasteiger partial charge in [0.05, 0.1) is 12.1 Å². The van der Waals surface area contributed by atoms with E-state index in [0.717, 1.165) is 11.1 Å². The van der Waals surface area contributed by atoms with Crippen molar-refractivity contribution in [3.8, 4) is 11.3 Å². The molecule has 3 aromatic rings. The zero-order valence-corrected chi connectivity index (χ0v) is 16.9. The second kappa shape index (κ2) is 9.65. The van der Waals surface area contributed by atoms with Crippen LogP contribution in [0.2, 0.25) is 0 Å². The summed E-state index contributed by atoms with van der Waals surface area (Å²) in [5.74, 6) is -0.590. The molecule has 1 heterocycles. The van der Waals surface area contributed by atoms with Crippen LogP contribution in [0.4, 0.5) is 5.69 Å². The summed E-state index contributed by atoms with van der Waals surface area (Å²) in [6, 6.07) is 18.9. The second-order valence-corrected chi connectivity index (χ2v) is 7.33. The number of aromatic amines is 1. The number of nitrogens with one attached hydrogen (secondary N) is 3. The van der Waals surface area contributed by atoms with Gasteiger partial charge in [-0.2, -0.15) is 5.10 Å². The van der Waals surface area contributed by atoms with Gasteiger partial charge in [-0.1, -0.05) is 56.3 Å². The fourth-order valence-electron chi connectivity index (χ4n) is 3.02. The van der Waals surface area contributed by atoms with E-state index in [1.165, 1.54) is 6.07 Å². The van der Waals surface area contributed by atoms with E-state index in [1.54, 1.807) is 24.3 Å². The number of hydrogen-bond donors (Lipinski definition) is 3. The van der Waals surface area contributed by atoms with Crippen molar-refractivity contribution in [2.24, 2.45) is 5.92 Å². The minimum atomic E-state index is -0.670. The monoisotopic (exact) mass is 404 g/mol. The number of carbonyl (C=O) groups is 2. The molecule has 30 heavy (non-hydrogen) atoms. The van der Waals surface area contributed by atoms with Gasteiger partial charge in [0.15, 0.2) is 0 Å². The topological polar surface area (TPSA) is 104 Å². The van der Waals surface area contributed by atoms with Gasteiger partial charge in [-0.3, -0.25) is 14.4 Å². The Morgan fingerprint density at radius 3 is 2.43 bits per heavy atom. The third-order valence-electron chi connectivity index (χ3n) is 4.58. The summed E-state index contributed by atoms with van der Waals surface area (Å²) in [6.07, 6.45) is 0.213. The number of amides is 2. The third kappa shape index (κ3) is 5.64. The Morgan fingerprint density at radius 2 is 1.77 bits per heavy atom. The molecule has 7 heteroatoms. The molecular weight excluding hydrogens is 380 g/mol. The van der Waals surface area contributed by atoms with Gasteiger partial charge in [0.1, 0.15) is 6.04 Å². The summed E-state index contributed by atoms with van der Waals surface area (Å²) in [5, 5.41) is 12.1. The van der Waals surface area contributed by atoms with Gasteiger partial charge in [0, 0.05) is 17.3 Å². The van der Waals surface area contributed by atoms with E-state index in [-0.39, 0.29) is 29.7 Å². The fourth-order valence-corrected chi connectivity index (χ4v) is 3.02. The van der Waals surface area contributed by atoms with E-state index in [9.17, 15) is 14.4 Å². The molecule has 3 N–H and O–H groups in total. The van der Waals surface area contributed by atoms with Crippen molar-refractivity contribution in [2.75, 3.05) is 5.32 Å². The van der Waals surface area contributed by atoms with Gasteiger partial charge in [0.2, 0.25) is 11.8 Å². The fraction of sp³-hybridized carbons (Fsp3) is 0.217. The lowest BCUT2D eigenvalue weighted by Crippen LogP contribution is -2.47. The van der Waals surface area contributed by atoms with E-state index in [0.29, 0.717) is 11.4 Å². The Balaban J connectivity index is 1.69. The Hall–Kier alpha value is -3.74. The predicted octanol–water partition coefficient (Wildman–Crippen LogP) is 2.76. The molecule has 3 rings (SSSR count). The Morgan fingerprint density at radius 1 is 1.00 bits per heavy atom. The number of benzene rings is 2. The van der Waals surface area contributed by atoms with Crippen molar-refractivity contribution in [3.63, 3.8) is 0 Å². The standard InChI is InChI=1S/C23H24N4O3/c1-15(2)22(25-21(29)13-16-7-4-3-5-8-16)23(30)24-18-10-6-9-17(14-18)19-11-12-20(28)27-26-19/h3-12,14-15,22H,13H2,1-2H3,(H,24,30)(H,25,29)(H,27,28). The molecule has 154 valence electrons. The molecule has 0 spiro atoms. The molecule has 0 aliphatic heterocycles. The summed E-state index contributed by atoms with van der Waals surface area (Å²) in [5.41, 5.74) is 2.52. The molecule has 2 amide bonds. The highest BCUT2D eigenvalue weighted by Crippen LogP contribution is 2.20. The van der Waals surface area contributed by atoms with Crippen molar-refractivity contribution < 1.29 is 9.59 Å². The summed E-state index contributed by atoms with van der Waals surface area (Å²) in [4.78, 5) is 36.5. The number of aromatic nitrogens is 2. The van der Waals surface area contributed by atoms with Crippen LogP contribution in [0.15, 0.2) is 71.5 Å². The first-order chi connectivity index (χ1) is 14.4. The number of rotatable bonds is 7. The summed E-state index contributed by atoms with van der Waals surface area (Å²) in [6.45, 7) is 3.77. The molecule has 7 nitrogen and oxygen atoms in total. The average Bonchev–Trinajstić information content (AvgIpc) is 2.73. The maximum absolute atomic E-state index is 12.8. The van der Waals surface area contributed by atoms with Gasteiger partial charge in [-0.25, -0.2) is 5.10 Å². The molecule has 0 bridgehead atoms. The maximum Gasteiger partial charge on any atom is 0.264 e. The van der Waals surface area contributed by atoms with E-state index in [1.807, 2.05) is 50.2 Å². The van der Waals surface area contributed by atoms with Crippen LogP contribution in [-0.4, -0.2) is 28.1 Å². The van der Waals surface area contributed by atoms with Crippen LogP contribution >= 0.6 is 0 Å². The SMILES string of the molecule is CC(C)C(NC(=O)Cc1ccccc1)C(=O)Nc1cccc(-c2ccc(=O)[nH]n2)c1. The smallest absolute Gasteiger partial charge is 0.264 e. The van der Waals surface area contributed by atoms with E-state index in [2.05, 4.69) is 20.8 Å². The van der Waals surface area contributed by atoms with Crippen LogP contribution in [0, 0.1) is 5.92 Å². The van der Waals surface area contributed by atoms with Crippen LogP contribution in [-0.2, 0) is 16.0 Å². The molecule has 0 saturated carbocycles. The zero-order chi connectivity index (χ0) is 21.5. The average molecular weight is 404 g/mol. The molecule has 1 unspecified atom stereocenters. The van der Waals surface area contributed by atoms with E-state index in [4.69, 9.17) is 0 Å². The van der Waals surface area contributed by atoms with Crippen molar-refractivity contribution >= 4 is 17.5 Å². The summed E-state index contributed by atoms with van der Waals surface area (Å²) >= 11 is 0. The lowest BCUT2D eigenvalue weighted by atomic mass is 10.0. The Bertz CT molecular complexity index is 1060. The molecule has 0 aliphatic carbocycles. The van der Waals surface area contributed by atoms with E-state index < -0.39 is 6.04 Å². The molecular formula is C23H24N4O3. The van der Waals surface area contributed by atoms with Crippen molar-refractivity contribution in [3.05, 3.63) is 82.6 Å². The van der Waals surface area contributed by atoms with Gasteiger partial charge < -0.3 is 10.6 Å². The highest BCUT2D eigenvalue weighted by molar-refractivity contribution is 5.98. The molecule has 1 aromatic heterocycles. The lowest BCUT2D eigenvalue weighted by molar-refractivity contribution is -0.127. The zero-order valence-electron chi connectivity index (χ0n) is 16.9. The highest BCUT2D eigenvalue weighted by Gasteiger charge is 2.24. The molecule has 1 atom stereocenters. The Labute approximate surface area is 174 Å². The van der Waals surface area contributed by atoms with Crippen molar-refractivity contribution in [1.82, 2.24) is 15.5 Å². The number of hydrogen-bond acceptors (Lipinski definition) is 4. The number of H-pyrrole nitrogens is 1. The van der Waals surface area contributed by atoms with Gasteiger partial charge >= 0.3 is 0 Å². The summed E-state index contributed by atoms with van der Waals surface area (Å²) in [7, 11) is 0. The van der Waals surface area contributed by atoms with Crippen LogP contribution < -0.4 is 16.2 Å². The lowest BCUT2D eigenvalue weighted by Gasteiger charge is -2.22. The van der Waals surface area contributed by atoms with Gasteiger partial charge in [-0.05, 0) is 29.7 Å². The number of anilines is 1. The van der Waals surface area contributed by atoms with Gasteiger partial charge in [0.25, 0.3) is 5.56 Å². The largest absolute Gasteiger partial charge is 0.344 e. The first kappa shape index (κ1) is 21.0. The van der Waals surface area contributed by atoms with Crippen LogP contribution in [0.3, 0.4) is 0 Å². The third-order valence-corrected chi connectivity index (χ3v) is 4.58. The minimum Gasteiger partial charge on any atom is -0.344 e. The molecule has 0 aliphatic rings. The molecule has 0 saturated heterocycles. The quantitative estimate of drug-likeness (QED) is 0.563. The highest BCUT2D eigenvalue weighted by atomic mass is 16.2.